The van der Waals surface area contributed by atoms with Gasteiger partial charge in [0.15, 0.2) is 12.4 Å². The van der Waals surface area contributed by atoms with E-state index in [0.29, 0.717) is 32.1 Å². The molecule has 0 amide bonds. The average molecular weight is 927 g/mol. The highest BCUT2D eigenvalue weighted by Gasteiger charge is 2.70. The maximum Gasteiger partial charge on any atom is 0.361 e. The van der Waals surface area contributed by atoms with Crippen molar-refractivity contribution in [1.29, 1.82) is 0 Å². The van der Waals surface area contributed by atoms with Crippen molar-refractivity contribution >= 4 is 23.9 Å². The van der Waals surface area contributed by atoms with Gasteiger partial charge in [0.2, 0.25) is 6.29 Å². The highest BCUT2D eigenvalue weighted by Crippen LogP contribution is 2.76. The second-order valence-corrected chi connectivity index (χ2v) is 22.2. The largest absolute Gasteiger partial charge is 0.480 e. The number of aliphatic hydroxyl groups excluding tert-OH is 6. The van der Waals surface area contributed by atoms with Gasteiger partial charge in [-0.25, -0.2) is 14.4 Å². The first kappa shape index (κ1) is 50.1. The van der Waals surface area contributed by atoms with E-state index in [0.717, 1.165) is 32.1 Å². The van der Waals surface area contributed by atoms with E-state index >= 15 is 0 Å². The van der Waals surface area contributed by atoms with Gasteiger partial charge < -0.3 is 74.4 Å². The summed E-state index contributed by atoms with van der Waals surface area (Å²) in [6.07, 6.45) is -10.9. The van der Waals surface area contributed by atoms with E-state index in [1.54, 1.807) is 0 Å². The zero-order valence-corrected chi connectivity index (χ0v) is 38.3. The number of aliphatic hydroxyl groups is 6. The van der Waals surface area contributed by atoms with Crippen molar-refractivity contribution in [3.05, 3.63) is 11.6 Å². The van der Waals surface area contributed by atoms with Crippen molar-refractivity contribution in [2.75, 3.05) is 13.2 Å². The van der Waals surface area contributed by atoms with Crippen LogP contribution in [0.1, 0.15) is 113 Å². The van der Waals surface area contributed by atoms with Crippen LogP contribution in [0.5, 0.6) is 0 Å². The molecule has 6 fully saturated rings. The number of aliphatic carboxylic acids is 3. The Kier molecular flexibility index (Phi) is 13.6. The van der Waals surface area contributed by atoms with E-state index in [1.165, 1.54) is 5.57 Å². The maximum atomic E-state index is 14.6. The highest BCUT2D eigenvalue weighted by atomic mass is 16.7. The van der Waals surface area contributed by atoms with Crippen LogP contribution in [0.15, 0.2) is 11.6 Å². The molecular weight excluding hydrogens is 856 g/mol. The first-order valence-electron chi connectivity index (χ1n) is 23.0. The molecule has 19 atom stereocenters. The van der Waals surface area contributed by atoms with Crippen molar-refractivity contribution in [2.24, 2.45) is 50.2 Å². The van der Waals surface area contributed by atoms with Gasteiger partial charge in [0.25, 0.3) is 6.29 Å². The molecule has 19 nitrogen and oxygen atoms in total. The molecule has 7 rings (SSSR count). The molecule has 9 N–H and O–H groups in total. The quantitative estimate of drug-likeness (QED) is 0.0585. The van der Waals surface area contributed by atoms with Gasteiger partial charge in [-0.05, 0) is 109 Å². The third-order valence-corrected chi connectivity index (χ3v) is 18.0. The third-order valence-electron chi connectivity index (χ3n) is 18.0. The Bertz CT molecular complexity index is 1870. The molecule has 65 heavy (non-hydrogen) atoms. The van der Waals surface area contributed by atoms with Gasteiger partial charge >= 0.3 is 23.9 Å². The molecule has 0 radical (unpaired) electrons. The van der Waals surface area contributed by atoms with E-state index in [1.807, 2.05) is 0 Å². The van der Waals surface area contributed by atoms with Crippen molar-refractivity contribution in [3.63, 3.8) is 0 Å². The normalized spacial score (nSPS) is 47.1. The van der Waals surface area contributed by atoms with E-state index in [9.17, 15) is 60.0 Å². The lowest BCUT2D eigenvalue weighted by molar-refractivity contribution is -0.339. The van der Waals surface area contributed by atoms with E-state index < -0.39 is 122 Å². The standard InChI is InChI=1S/C46H70O19/c1-41(2)14-16-46(40(59)65-37-30(52)29(51)28(50)23(19-47)61-37)17-15-44(6)21(22(46)18-41)8-9-25-43(5)12-11-26(42(3,4)24(43)10-13-45(25,44)7)62-38-32(54)33(31(53)34(64-38)35(55)56)63-39(36(57)58)60-20-27(48)49/h8,22-26,28-34,37-39,47,50-54H,9-20H2,1-7H3,(H,48,49)(H,55,56)(H,57,58)/t22-,23+,24+,25-,26-,28+,29-,30+,31-,32+,33-,34-,37-,38+,39-,43-,44+,45+,46-/m0/s1. The number of carboxylic acids is 3. The number of rotatable bonds is 12. The lowest BCUT2D eigenvalue weighted by atomic mass is 9.33. The number of carboxylic acid groups (broad SMARTS) is 3. The lowest BCUT2D eigenvalue weighted by Gasteiger charge is -2.71. The summed E-state index contributed by atoms with van der Waals surface area (Å²) in [6.45, 7) is 14.0. The van der Waals surface area contributed by atoms with Gasteiger partial charge in [-0.1, -0.05) is 60.1 Å². The zero-order valence-electron chi connectivity index (χ0n) is 38.3. The molecule has 0 unspecified atom stereocenters. The van der Waals surface area contributed by atoms with E-state index in [-0.39, 0.29) is 39.4 Å². The van der Waals surface area contributed by atoms with E-state index in [2.05, 4.69) is 54.5 Å². The molecule has 2 heterocycles. The first-order valence-corrected chi connectivity index (χ1v) is 23.0. The van der Waals surface area contributed by atoms with Crippen LogP contribution in [0, 0.1) is 50.2 Å². The highest BCUT2D eigenvalue weighted by molar-refractivity contribution is 5.79. The summed E-state index contributed by atoms with van der Waals surface area (Å²) in [4.78, 5) is 49.9. The summed E-state index contributed by atoms with van der Waals surface area (Å²) < 4.78 is 33.9. The number of ether oxygens (including phenoxy) is 6. The molecule has 0 bridgehead atoms. The summed E-state index contributed by atoms with van der Waals surface area (Å²) in [5.41, 5.74) is -1.08. The maximum absolute atomic E-state index is 14.6. The van der Waals surface area contributed by atoms with Crippen molar-refractivity contribution in [2.45, 2.75) is 186 Å². The van der Waals surface area contributed by atoms with Crippen LogP contribution in [0.4, 0.5) is 0 Å². The Morgan fingerprint density at radius 3 is 2.08 bits per heavy atom. The van der Waals surface area contributed by atoms with Gasteiger partial charge in [-0.3, -0.25) is 4.79 Å². The molecule has 0 aromatic carbocycles. The Labute approximate surface area is 378 Å². The number of hydrogen-bond donors (Lipinski definition) is 9. The van der Waals surface area contributed by atoms with E-state index in [4.69, 9.17) is 33.5 Å². The summed E-state index contributed by atoms with van der Waals surface area (Å²) in [6, 6.07) is 0. The lowest BCUT2D eigenvalue weighted by Crippen LogP contribution is -2.66. The number of fused-ring (bicyclic) bond motifs is 7. The number of allylic oxidation sites excluding steroid dienone is 2. The topological polar surface area (TPSA) is 306 Å². The molecule has 2 aliphatic heterocycles. The number of carbonyl (C=O) groups excluding carboxylic acids is 1. The molecule has 0 spiro atoms. The Morgan fingerprint density at radius 2 is 1.45 bits per heavy atom. The van der Waals surface area contributed by atoms with Crippen molar-refractivity contribution in [1.82, 2.24) is 0 Å². The summed E-state index contributed by atoms with van der Waals surface area (Å²) in [5, 5.41) is 92.4. The van der Waals surface area contributed by atoms with Crippen molar-refractivity contribution in [3.8, 4) is 0 Å². The van der Waals surface area contributed by atoms with Crippen LogP contribution >= 0.6 is 0 Å². The molecule has 368 valence electrons. The molecule has 5 aliphatic carbocycles. The second kappa shape index (κ2) is 17.6. The van der Waals surface area contributed by atoms with Crippen LogP contribution in [-0.4, -0.2) is 157 Å². The Hall–Kier alpha value is -2.82. The monoisotopic (exact) mass is 926 g/mol. The minimum absolute atomic E-state index is 0.0737. The van der Waals surface area contributed by atoms with Gasteiger partial charge in [0, 0.05) is 0 Å². The van der Waals surface area contributed by atoms with Crippen LogP contribution in [-0.2, 0) is 47.6 Å². The van der Waals surface area contributed by atoms with Gasteiger partial charge in [-0.15, -0.1) is 0 Å². The SMILES string of the molecule is CC1(C)CC[C@]2(C(=O)O[C@@H]3O[C@H](CO)[C@@H](O)[C@H](O)[C@H]3O)CC[C@]3(C)C(=CC[C@H]4[C@@]5(C)CC[C@H](O[C@@H]6O[C@H](C(=O)O)[C@@H](O)[C@H](O[C@H](OCC(=O)O)C(=O)O)[C@H]6O)C(C)(C)[C@H]5CC[C@]43C)[C@@H]2C1. The molecule has 0 aromatic rings. The average Bonchev–Trinajstić information content (AvgIpc) is 3.22. The van der Waals surface area contributed by atoms with Crippen LogP contribution in [0.2, 0.25) is 0 Å². The number of hydrogen-bond acceptors (Lipinski definition) is 16. The van der Waals surface area contributed by atoms with Gasteiger partial charge in [-0.2, -0.15) is 0 Å². The molecule has 7 aliphatic rings. The van der Waals surface area contributed by atoms with Gasteiger partial charge in [0.05, 0.1) is 18.1 Å². The number of carbonyl (C=O) groups is 4. The molecule has 2 saturated heterocycles. The molecule has 19 heteroatoms. The second-order valence-electron chi connectivity index (χ2n) is 22.2. The minimum Gasteiger partial charge on any atom is -0.480 e. The fourth-order valence-corrected chi connectivity index (χ4v) is 14.1. The zero-order chi connectivity index (χ0) is 48.0. The smallest absolute Gasteiger partial charge is 0.361 e. The number of esters is 1. The third kappa shape index (κ3) is 8.25. The minimum atomic E-state index is -2.26. The Morgan fingerprint density at radius 1 is 0.769 bits per heavy atom. The van der Waals surface area contributed by atoms with Crippen LogP contribution in [0.25, 0.3) is 0 Å². The van der Waals surface area contributed by atoms with Crippen molar-refractivity contribution < 1.29 is 93.6 Å². The Balaban J connectivity index is 1.13. The van der Waals surface area contributed by atoms with Gasteiger partial charge in [0.1, 0.15) is 49.3 Å². The fourth-order valence-electron chi connectivity index (χ4n) is 14.1. The predicted octanol–water partition coefficient (Wildman–Crippen LogP) is 1.94. The molecule has 0 aromatic heterocycles. The molecular formula is C46H70O19. The fraction of sp³-hybridized carbons (Fsp3) is 0.870. The summed E-state index contributed by atoms with van der Waals surface area (Å²) >= 11 is 0. The molecule has 4 saturated carbocycles. The van der Waals surface area contributed by atoms with Crippen LogP contribution < -0.4 is 0 Å². The predicted molar refractivity (Wildman–Crippen MR) is 222 cm³/mol. The van der Waals surface area contributed by atoms with Crippen LogP contribution in [0.3, 0.4) is 0 Å². The first-order chi connectivity index (χ1) is 30.2. The summed E-state index contributed by atoms with van der Waals surface area (Å²) in [5.74, 6) is -5.31. The summed E-state index contributed by atoms with van der Waals surface area (Å²) in [7, 11) is 0.